The Labute approximate surface area is 138 Å². The van der Waals surface area contributed by atoms with Crippen molar-refractivity contribution in [3.05, 3.63) is 35.4 Å². The quantitative estimate of drug-likeness (QED) is 0.890. The van der Waals surface area contributed by atoms with Crippen LogP contribution >= 0.6 is 12.4 Å². The van der Waals surface area contributed by atoms with Crippen molar-refractivity contribution in [3.8, 4) is 0 Å². The van der Waals surface area contributed by atoms with Crippen LogP contribution < -0.4 is 10.6 Å². The predicted molar refractivity (Wildman–Crippen MR) is 89.6 cm³/mol. The van der Waals surface area contributed by atoms with Crippen molar-refractivity contribution in [2.45, 2.75) is 44.2 Å². The third-order valence-corrected chi connectivity index (χ3v) is 4.77. The Hall–Kier alpha value is -1.10. The van der Waals surface area contributed by atoms with E-state index < -0.39 is 0 Å². The van der Waals surface area contributed by atoms with Crippen molar-refractivity contribution in [1.29, 1.82) is 0 Å². The molecular formula is C17H25ClN2O2. The van der Waals surface area contributed by atoms with Gasteiger partial charge in [0, 0.05) is 18.5 Å². The van der Waals surface area contributed by atoms with Gasteiger partial charge in [-0.2, -0.15) is 0 Å². The number of carbonyl (C=O) groups is 1. The van der Waals surface area contributed by atoms with E-state index in [0.29, 0.717) is 6.61 Å². The number of hydrogen-bond acceptors (Lipinski definition) is 3. The Morgan fingerprint density at radius 3 is 2.77 bits per heavy atom. The van der Waals surface area contributed by atoms with Crippen LogP contribution in [0.3, 0.4) is 0 Å². The first kappa shape index (κ1) is 17.3. The SMILES string of the molecule is Cc1ccccc1C1(CNC(=O)[C@H]2NCCO[C@@H]2C)CC1.Cl. The number of benzene rings is 1. The highest BCUT2D eigenvalue weighted by Crippen LogP contribution is 2.48. The third kappa shape index (κ3) is 3.45. The highest BCUT2D eigenvalue weighted by atomic mass is 35.5. The summed E-state index contributed by atoms with van der Waals surface area (Å²) in [5.41, 5.74) is 2.85. The van der Waals surface area contributed by atoms with E-state index in [-0.39, 0.29) is 35.9 Å². The zero-order valence-electron chi connectivity index (χ0n) is 13.2. The molecule has 1 aromatic carbocycles. The van der Waals surface area contributed by atoms with E-state index >= 15 is 0 Å². The molecule has 0 unspecified atom stereocenters. The van der Waals surface area contributed by atoms with Crippen LogP contribution in [0.1, 0.15) is 30.9 Å². The van der Waals surface area contributed by atoms with E-state index in [4.69, 9.17) is 4.74 Å². The summed E-state index contributed by atoms with van der Waals surface area (Å²) < 4.78 is 5.54. The van der Waals surface area contributed by atoms with E-state index in [0.717, 1.165) is 25.9 Å². The monoisotopic (exact) mass is 324 g/mol. The number of morpholine rings is 1. The standard InChI is InChI=1S/C17H24N2O2.ClH/c1-12-5-3-4-6-14(12)17(7-8-17)11-19-16(20)15-13(2)21-10-9-18-15;/h3-6,13,15,18H,7-11H2,1-2H3,(H,19,20);1H/t13-,15+;/m1./s1. The van der Waals surface area contributed by atoms with Gasteiger partial charge in [0.15, 0.2) is 0 Å². The summed E-state index contributed by atoms with van der Waals surface area (Å²) >= 11 is 0. The highest BCUT2D eigenvalue weighted by molar-refractivity contribution is 5.85. The van der Waals surface area contributed by atoms with E-state index in [1.807, 2.05) is 6.92 Å². The number of halogens is 1. The zero-order valence-corrected chi connectivity index (χ0v) is 14.0. The normalized spacial score (nSPS) is 25.9. The molecule has 0 spiro atoms. The van der Waals surface area contributed by atoms with Crippen LogP contribution in [0.25, 0.3) is 0 Å². The molecule has 1 saturated carbocycles. The number of hydrogen-bond donors (Lipinski definition) is 2. The summed E-state index contributed by atoms with van der Waals surface area (Å²) in [7, 11) is 0. The van der Waals surface area contributed by atoms with Crippen LogP contribution in [0.2, 0.25) is 0 Å². The van der Waals surface area contributed by atoms with Crippen molar-refractivity contribution < 1.29 is 9.53 Å². The fourth-order valence-corrected chi connectivity index (χ4v) is 3.25. The average molecular weight is 325 g/mol. The predicted octanol–water partition coefficient (Wildman–Crippen LogP) is 1.94. The maximum Gasteiger partial charge on any atom is 0.239 e. The van der Waals surface area contributed by atoms with Gasteiger partial charge in [0.1, 0.15) is 6.04 Å². The lowest BCUT2D eigenvalue weighted by atomic mass is 9.91. The van der Waals surface area contributed by atoms with Gasteiger partial charge in [0.25, 0.3) is 0 Å². The maximum absolute atomic E-state index is 12.3. The molecule has 2 aliphatic rings. The summed E-state index contributed by atoms with van der Waals surface area (Å²) in [5.74, 6) is 0.0575. The van der Waals surface area contributed by atoms with E-state index in [1.165, 1.54) is 11.1 Å². The molecule has 2 atom stereocenters. The molecule has 3 rings (SSSR count). The number of carbonyl (C=O) groups excluding carboxylic acids is 1. The van der Waals surface area contributed by atoms with Gasteiger partial charge in [-0.1, -0.05) is 24.3 Å². The van der Waals surface area contributed by atoms with Crippen LogP contribution in [0.4, 0.5) is 0 Å². The molecule has 1 aliphatic heterocycles. The molecule has 1 amide bonds. The van der Waals surface area contributed by atoms with Gasteiger partial charge in [0.05, 0.1) is 12.7 Å². The second-order valence-corrected chi connectivity index (χ2v) is 6.32. The number of amides is 1. The topological polar surface area (TPSA) is 50.4 Å². The van der Waals surface area contributed by atoms with Gasteiger partial charge >= 0.3 is 0 Å². The average Bonchev–Trinajstić information content (AvgIpc) is 3.27. The van der Waals surface area contributed by atoms with Crippen LogP contribution in [0, 0.1) is 6.92 Å². The first-order chi connectivity index (χ1) is 10.1. The Morgan fingerprint density at radius 2 is 2.14 bits per heavy atom. The van der Waals surface area contributed by atoms with Crippen LogP contribution in [-0.2, 0) is 14.9 Å². The van der Waals surface area contributed by atoms with Crippen molar-refractivity contribution in [2.24, 2.45) is 0 Å². The molecule has 2 fully saturated rings. The van der Waals surface area contributed by atoms with Gasteiger partial charge in [-0.3, -0.25) is 4.79 Å². The molecule has 1 heterocycles. The minimum atomic E-state index is -0.230. The Bertz CT molecular complexity index is 531. The molecule has 1 aromatic rings. The van der Waals surface area contributed by atoms with Crippen molar-refractivity contribution >= 4 is 18.3 Å². The fourth-order valence-electron chi connectivity index (χ4n) is 3.25. The molecule has 122 valence electrons. The molecule has 5 heteroatoms. The van der Waals surface area contributed by atoms with Crippen molar-refractivity contribution in [3.63, 3.8) is 0 Å². The molecule has 4 nitrogen and oxygen atoms in total. The van der Waals surface area contributed by atoms with Crippen molar-refractivity contribution in [1.82, 2.24) is 10.6 Å². The molecule has 0 radical (unpaired) electrons. The third-order valence-electron chi connectivity index (χ3n) is 4.77. The summed E-state index contributed by atoms with van der Waals surface area (Å²) in [6.07, 6.45) is 2.25. The smallest absolute Gasteiger partial charge is 0.239 e. The van der Waals surface area contributed by atoms with Crippen molar-refractivity contribution in [2.75, 3.05) is 19.7 Å². The largest absolute Gasteiger partial charge is 0.375 e. The first-order valence-corrected chi connectivity index (χ1v) is 7.81. The van der Waals surface area contributed by atoms with Gasteiger partial charge in [0.2, 0.25) is 5.91 Å². The number of nitrogens with one attached hydrogen (secondary N) is 2. The molecule has 0 aromatic heterocycles. The second kappa shape index (κ2) is 6.99. The minimum Gasteiger partial charge on any atom is -0.375 e. The van der Waals surface area contributed by atoms with Gasteiger partial charge in [-0.15, -0.1) is 12.4 Å². The Morgan fingerprint density at radius 1 is 1.41 bits per heavy atom. The van der Waals surface area contributed by atoms with E-state index in [9.17, 15) is 4.79 Å². The molecule has 0 bridgehead atoms. The summed E-state index contributed by atoms with van der Waals surface area (Å²) in [4.78, 5) is 12.3. The second-order valence-electron chi connectivity index (χ2n) is 6.32. The lowest BCUT2D eigenvalue weighted by Gasteiger charge is -2.30. The molecule has 2 N–H and O–H groups in total. The summed E-state index contributed by atoms with van der Waals surface area (Å²) in [5, 5.41) is 6.37. The van der Waals surface area contributed by atoms with Crippen LogP contribution in [-0.4, -0.2) is 37.7 Å². The van der Waals surface area contributed by atoms with E-state index in [1.54, 1.807) is 0 Å². The van der Waals surface area contributed by atoms with Gasteiger partial charge in [-0.05, 0) is 37.8 Å². The van der Waals surface area contributed by atoms with Gasteiger partial charge in [-0.25, -0.2) is 0 Å². The lowest BCUT2D eigenvalue weighted by molar-refractivity contribution is -0.129. The maximum atomic E-state index is 12.3. The zero-order chi connectivity index (χ0) is 14.9. The number of ether oxygens (including phenoxy) is 1. The van der Waals surface area contributed by atoms with Crippen LogP contribution in [0.15, 0.2) is 24.3 Å². The minimum absolute atomic E-state index is 0. The van der Waals surface area contributed by atoms with Crippen LogP contribution in [0.5, 0.6) is 0 Å². The summed E-state index contributed by atoms with van der Waals surface area (Å²) in [6, 6.07) is 8.27. The van der Waals surface area contributed by atoms with Gasteiger partial charge < -0.3 is 15.4 Å². The Balaban J connectivity index is 0.00000176. The molecule has 1 aliphatic carbocycles. The Kier molecular flexibility index (Phi) is 5.48. The van der Waals surface area contributed by atoms with E-state index in [2.05, 4.69) is 41.8 Å². The summed E-state index contributed by atoms with van der Waals surface area (Å²) in [6.45, 7) is 6.24. The lowest BCUT2D eigenvalue weighted by Crippen LogP contribution is -2.56. The molecular weight excluding hydrogens is 300 g/mol. The molecule has 22 heavy (non-hydrogen) atoms. The molecule has 1 saturated heterocycles. The number of rotatable bonds is 4. The fraction of sp³-hybridized carbons (Fsp3) is 0.588. The highest BCUT2D eigenvalue weighted by Gasteiger charge is 2.45. The first-order valence-electron chi connectivity index (χ1n) is 7.81. The number of aryl methyl sites for hydroxylation is 1.